The number of carbonyl (C=O) groups excluding carboxylic acids is 1. The van der Waals surface area contributed by atoms with E-state index in [4.69, 9.17) is 9.26 Å². The minimum absolute atomic E-state index is 0.0745. The summed E-state index contributed by atoms with van der Waals surface area (Å²) in [5.74, 6) is 0.760. The molecule has 0 radical (unpaired) electrons. The summed E-state index contributed by atoms with van der Waals surface area (Å²) in [4.78, 5) is 12.5. The Hall–Kier alpha value is -2.39. The number of piperidine rings is 1. The van der Waals surface area contributed by atoms with Gasteiger partial charge < -0.3 is 14.6 Å². The van der Waals surface area contributed by atoms with Gasteiger partial charge in [-0.3, -0.25) is 4.79 Å². The molecule has 1 aliphatic heterocycles. The first-order valence-electron chi connectivity index (χ1n) is 9.72. The molecule has 0 aliphatic carbocycles. The van der Waals surface area contributed by atoms with Gasteiger partial charge >= 0.3 is 0 Å². The molecule has 0 unspecified atom stereocenters. The van der Waals surface area contributed by atoms with Crippen molar-refractivity contribution in [3.8, 4) is 5.75 Å². The van der Waals surface area contributed by atoms with E-state index in [0.717, 1.165) is 30.5 Å². The fraction of sp³-hybridized carbons (Fsp3) is 0.500. The van der Waals surface area contributed by atoms with Gasteiger partial charge in [0.25, 0.3) is 0 Å². The van der Waals surface area contributed by atoms with Crippen molar-refractivity contribution in [1.82, 2.24) is 9.46 Å². The second-order valence-electron chi connectivity index (χ2n) is 7.18. The molecule has 1 aromatic carbocycles. The standard InChI is InChI=1S/C20H27N3O5S/c1-14-17(15(2)28-22-14)8-10-20(24)21-16-7-9-18(27-3)19(13-16)29(25,26)23-11-5-4-6-12-23/h7,9,13H,4-6,8,10-12H2,1-3H3,(H,21,24). The number of nitrogens with zero attached hydrogens (tertiary/aromatic N) is 2. The number of nitrogens with one attached hydrogen (secondary N) is 1. The van der Waals surface area contributed by atoms with Crippen molar-refractivity contribution >= 4 is 21.6 Å². The lowest BCUT2D eigenvalue weighted by atomic mass is 10.1. The number of hydrogen-bond acceptors (Lipinski definition) is 6. The molecule has 1 fully saturated rings. The first-order valence-corrected chi connectivity index (χ1v) is 11.2. The van der Waals surface area contributed by atoms with Crippen LogP contribution in [0.3, 0.4) is 0 Å². The van der Waals surface area contributed by atoms with Crippen LogP contribution in [0.4, 0.5) is 5.69 Å². The van der Waals surface area contributed by atoms with Crippen LogP contribution < -0.4 is 10.1 Å². The molecule has 1 N–H and O–H groups in total. The molecule has 0 atom stereocenters. The lowest BCUT2D eigenvalue weighted by Crippen LogP contribution is -2.35. The molecule has 0 bridgehead atoms. The maximum atomic E-state index is 13.1. The number of anilines is 1. The maximum Gasteiger partial charge on any atom is 0.246 e. The number of rotatable bonds is 7. The van der Waals surface area contributed by atoms with E-state index in [0.29, 0.717) is 31.0 Å². The van der Waals surface area contributed by atoms with E-state index < -0.39 is 10.0 Å². The van der Waals surface area contributed by atoms with E-state index in [1.165, 1.54) is 17.5 Å². The summed E-state index contributed by atoms with van der Waals surface area (Å²) in [5.41, 5.74) is 2.11. The van der Waals surface area contributed by atoms with Gasteiger partial charge in [-0.25, -0.2) is 8.42 Å². The molecule has 8 nitrogen and oxygen atoms in total. The highest BCUT2D eigenvalue weighted by Gasteiger charge is 2.29. The monoisotopic (exact) mass is 421 g/mol. The van der Waals surface area contributed by atoms with E-state index >= 15 is 0 Å². The zero-order chi connectivity index (χ0) is 21.0. The Morgan fingerprint density at radius 2 is 1.97 bits per heavy atom. The van der Waals surface area contributed by atoms with Crippen LogP contribution in [0, 0.1) is 13.8 Å². The number of benzene rings is 1. The van der Waals surface area contributed by atoms with Gasteiger partial charge in [0, 0.05) is 30.8 Å². The molecule has 158 valence electrons. The van der Waals surface area contributed by atoms with Gasteiger partial charge in [-0.15, -0.1) is 0 Å². The van der Waals surface area contributed by atoms with Crippen LogP contribution in [-0.2, 0) is 21.2 Å². The Bertz CT molecular complexity index is 958. The molecule has 0 saturated carbocycles. The van der Waals surface area contributed by atoms with E-state index in [-0.39, 0.29) is 23.0 Å². The third kappa shape index (κ3) is 4.79. The summed E-state index contributed by atoms with van der Waals surface area (Å²) in [6.45, 7) is 4.65. The third-order valence-corrected chi connectivity index (χ3v) is 7.08. The quantitative estimate of drug-likeness (QED) is 0.737. The van der Waals surface area contributed by atoms with Gasteiger partial charge in [-0.05, 0) is 51.3 Å². The molecule has 1 amide bonds. The van der Waals surface area contributed by atoms with Crippen LogP contribution in [0.2, 0.25) is 0 Å². The second-order valence-corrected chi connectivity index (χ2v) is 9.09. The van der Waals surface area contributed by atoms with Crippen molar-refractivity contribution in [2.45, 2.75) is 50.8 Å². The largest absolute Gasteiger partial charge is 0.495 e. The molecule has 9 heteroatoms. The summed E-state index contributed by atoms with van der Waals surface area (Å²) < 4.78 is 38.0. The third-order valence-electron chi connectivity index (χ3n) is 5.16. The molecule has 1 aromatic heterocycles. The normalized spacial score (nSPS) is 15.3. The average molecular weight is 422 g/mol. The Labute approximate surface area is 171 Å². The average Bonchev–Trinajstić information content (AvgIpc) is 3.04. The van der Waals surface area contributed by atoms with E-state index in [2.05, 4.69) is 10.5 Å². The SMILES string of the molecule is COc1ccc(NC(=O)CCc2c(C)noc2C)cc1S(=O)(=O)N1CCCCC1. The molecule has 3 rings (SSSR count). The summed E-state index contributed by atoms with van der Waals surface area (Å²) in [5, 5.41) is 6.67. The van der Waals surface area contributed by atoms with Crippen molar-refractivity contribution < 1.29 is 22.5 Å². The molecule has 2 heterocycles. The number of sulfonamides is 1. The van der Waals surface area contributed by atoms with Crippen LogP contribution in [0.5, 0.6) is 5.75 Å². The Morgan fingerprint density at radius 1 is 1.24 bits per heavy atom. The Balaban J connectivity index is 1.75. The van der Waals surface area contributed by atoms with Gasteiger partial charge in [0.1, 0.15) is 16.4 Å². The summed E-state index contributed by atoms with van der Waals surface area (Å²) in [7, 11) is -2.25. The fourth-order valence-electron chi connectivity index (χ4n) is 3.52. The van der Waals surface area contributed by atoms with Crippen molar-refractivity contribution in [3.63, 3.8) is 0 Å². The van der Waals surface area contributed by atoms with Crippen molar-refractivity contribution in [2.24, 2.45) is 0 Å². The van der Waals surface area contributed by atoms with E-state index in [1.54, 1.807) is 12.1 Å². The van der Waals surface area contributed by atoms with E-state index in [9.17, 15) is 13.2 Å². The minimum atomic E-state index is -3.69. The first kappa shape index (κ1) is 21.3. The topological polar surface area (TPSA) is 102 Å². The number of aromatic nitrogens is 1. The molecule has 2 aromatic rings. The lowest BCUT2D eigenvalue weighted by Gasteiger charge is -2.26. The number of ether oxygens (including phenoxy) is 1. The lowest BCUT2D eigenvalue weighted by molar-refractivity contribution is -0.116. The van der Waals surface area contributed by atoms with E-state index in [1.807, 2.05) is 13.8 Å². The second kappa shape index (κ2) is 8.96. The van der Waals surface area contributed by atoms with Gasteiger partial charge in [0.2, 0.25) is 15.9 Å². The predicted octanol–water partition coefficient (Wildman–Crippen LogP) is 3.05. The highest BCUT2D eigenvalue weighted by atomic mass is 32.2. The maximum absolute atomic E-state index is 13.1. The molecule has 0 spiro atoms. The summed E-state index contributed by atoms with van der Waals surface area (Å²) >= 11 is 0. The molecular formula is C20H27N3O5S. The highest BCUT2D eigenvalue weighted by Crippen LogP contribution is 2.31. The Kier molecular flexibility index (Phi) is 6.59. The van der Waals surface area contributed by atoms with Crippen LogP contribution in [-0.4, -0.2) is 44.0 Å². The molecular weight excluding hydrogens is 394 g/mol. The van der Waals surface area contributed by atoms with Gasteiger partial charge in [0.05, 0.1) is 12.8 Å². The smallest absolute Gasteiger partial charge is 0.246 e. The highest BCUT2D eigenvalue weighted by molar-refractivity contribution is 7.89. The van der Waals surface area contributed by atoms with Crippen molar-refractivity contribution in [3.05, 3.63) is 35.2 Å². The summed E-state index contributed by atoms with van der Waals surface area (Å²) in [6.07, 6.45) is 3.47. The number of carbonyl (C=O) groups is 1. The number of amides is 1. The number of hydrogen-bond donors (Lipinski definition) is 1. The van der Waals surface area contributed by atoms with Crippen molar-refractivity contribution in [2.75, 3.05) is 25.5 Å². The van der Waals surface area contributed by atoms with Crippen LogP contribution in [0.1, 0.15) is 42.7 Å². The van der Waals surface area contributed by atoms with Gasteiger partial charge in [-0.2, -0.15) is 4.31 Å². The van der Waals surface area contributed by atoms with Crippen LogP contribution in [0.25, 0.3) is 0 Å². The molecule has 1 aliphatic rings. The van der Waals surface area contributed by atoms with Gasteiger partial charge in [-0.1, -0.05) is 11.6 Å². The Morgan fingerprint density at radius 3 is 2.59 bits per heavy atom. The summed E-state index contributed by atoms with van der Waals surface area (Å²) in [6, 6.07) is 4.68. The van der Waals surface area contributed by atoms with Crippen molar-refractivity contribution in [1.29, 1.82) is 0 Å². The molecule has 1 saturated heterocycles. The van der Waals surface area contributed by atoms with Gasteiger partial charge in [0.15, 0.2) is 0 Å². The number of methoxy groups -OCH3 is 1. The minimum Gasteiger partial charge on any atom is -0.495 e. The van der Waals surface area contributed by atoms with Crippen LogP contribution in [0.15, 0.2) is 27.6 Å². The number of aryl methyl sites for hydroxylation is 2. The predicted molar refractivity (Wildman–Crippen MR) is 109 cm³/mol. The molecule has 29 heavy (non-hydrogen) atoms. The van der Waals surface area contributed by atoms with Crippen LogP contribution >= 0.6 is 0 Å². The zero-order valence-electron chi connectivity index (χ0n) is 17.0. The zero-order valence-corrected chi connectivity index (χ0v) is 17.8. The first-order chi connectivity index (χ1) is 13.8. The fourth-order valence-corrected chi connectivity index (χ4v) is 5.22.